The molecule has 30 heavy (non-hydrogen) atoms. The number of aromatic carboxylic acids is 1. The molecule has 3 rings (SSSR count). The van der Waals surface area contributed by atoms with Gasteiger partial charge in [-0.15, -0.1) is 24.5 Å². The van der Waals surface area contributed by atoms with Gasteiger partial charge in [-0.2, -0.15) is 0 Å². The Bertz CT molecular complexity index is 1180. The predicted molar refractivity (Wildman–Crippen MR) is 105 cm³/mol. The number of aryl methyl sites for hydroxylation is 1. The molecule has 0 fully saturated rings. The zero-order chi connectivity index (χ0) is 22.1. The number of alkyl halides is 3. The van der Waals surface area contributed by atoms with Crippen molar-refractivity contribution in [3.05, 3.63) is 70.6 Å². The summed E-state index contributed by atoms with van der Waals surface area (Å²) in [6.45, 7) is 1.65. The lowest BCUT2D eigenvalue weighted by molar-refractivity contribution is -0.274. The van der Waals surface area contributed by atoms with E-state index in [1.165, 1.54) is 24.3 Å². The molecular weight excluding hydrogens is 441 g/mol. The van der Waals surface area contributed by atoms with Crippen molar-refractivity contribution in [2.75, 3.05) is 0 Å². The molecule has 0 saturated carbocycles. The van der Waals surface area contributed by atoms with E-state index in [9.17, 15) is 31.5 Å². The molecule has 1 N–H and O–H groups in total. The van der Waals surface area contributed by atoms with Gasteiger partial charge in [-0.1, -0.05) is 18.2 Å². The molecule has 3 aromatic rings. The van der Waals surface area contributed by atoms with E-state index < -0.39 is 33.7 Å². The predicted octanol–water partition coefficient (Wildman–Crippen LogP) is 5.29. The van der Waals surface area contributed by atoms with E-state index in [0.717, 1.165) is 23.5 Å². The van der Waals surface area contributed by atoms with Crippen LogP contribution in [0.25, 0.3) is 10.4 Å². The quantitative estimate of drug-likeness (QED) is 0.545. The molecule has 1 heterocycles. The fourth-order valence-corrected chi connectivity index (χ4v) is 5.62. The molecule has 1 aromatic heterocycles. The van der Waals surface area contributed by atoms with Gasteiger partial charge in [0.15, 0.2) is 9.84 Å². The number of hydrogen-bond acceptors (Lipinski definition) is 5. The molecule has 0 aliphatic rings. The van der Waals surface area contributed by atoms with Crippen LogP contribution < -0.4 is 4.74 Å². The Morgan fingerprint density at radius 3 is 2.30 bits per heavy atom. The second-order valence-electron chi connectivity index (χ2n) is 6.37. The van der Waals surface area contributed by atoms with E-state index in [1.807, 2.05) is 0 Å². The van der Waals surface area contributed by atoms with Gasteiger partial charge >= 0.3 is 12.3 Å². The number of ether oxygens (including phenoxy) is 1. The third kappa shape index (κ3) is 5.00. The van der Waals surface area contributed by atoms with E-state index in [4.69, 9.17) is 0 Å². The minimum atomic E-state index is -4.82. The van der Waals surface area contributed by atoms with Crippen LogP contribution in [0.15, 0.2) is 59.5 Å². The van der Waals surface area contributed by atoms with Gasteiger partial charge in [-0.3, -0.25) is 0 Å². The van der Waals surface area contributed by atoms with E-state index in [0.29, 0.717) is 16.0 Å². The first kappa shape index (κ1) is 21.8. The number of benzene rings is 2. The number of halogens is 3. The number of carboxylic acids is 1. The van der Waals surface area contributed by atoms with Crippen LogP contribution >= 0.6 is 11.3 Å². The first-order valence-electron chi connectivity index (χ1n) is 8.47. The maximum absolute atomic E-state index is 12.8. The van der Waals surface area contributed by atoms with Crippen LogP contribution in [0.4, 0.5) is 13.2 Å². The summed E-state index contributed by atoms with van der Waals surface area (Å²) in [6.07, 6.45) is -4.82. The molecular formula is C20H15F3O5S2. The van der Waals surface area contributed by atoms with Crippen LogP contribution in [0.3, 0.4) is 0 Å². The van der Waals surface area contributed by atoms with E-state index >= 15 is 0 Å². The minimum Gasteiger partial charge on any atom is -0.477 e. The van der Waals surface area contributed by atoms with Crippen molar-refractivity contribution < 1.29 is 36.2 Å². The zero-order valence-electron chi connectivity index (χ0n) is 15.4. The molecule has 0 spiro atoms. The maximum Gasteiger partial charge on any atom is 0.573 e. The molecule has 2 aromatic carbocycles. The first-order chi connectivity index (χ1) is 14.0. The molecule has 0 aliphatic heterocycles. The highest BCUT2D eigenvalue weighted by atomic mass is 32.2. The summed E-state index contributed by atoms with van der Waals surface area (Å²) in [6, 6.07) is 12.7. The molecule has 5 nitrogen and oxygen atoms in total. The second-order valence-corrected chi connectivity index (χ2v) is 9.38. The van der Waals surface area contributed by atoms with Crippen LogP contribution in [0.5, 0.6) is 5.75 Å². The van der Waals surface area contributed by atoms with E-state index in [2.05, 4.69) is 4.74 Å². The molecule has 0 radical (unpaired) electrons. The van der Waals surface area contributed by atoms with Crippen LogP contribution in [0.1, 0.15) is 20.8 Å². The summed E-state index contributed by atoms with van der Waals surface area (Å²) in [5.41, 5.74) is 1.10. The third-order valence-electron chi connectivity index (χ3n) is 4.15. The van der Waals surface area contributed by atoms with Crippen molar-refractivity contribution >= 4 is 27.1 Å². The molecule has 158 valence electrons. The summed E-state index contributed by atoms with van der Waals surface area (Å²) >= 11 is 0.853. The van der Waals surface area contributed by atoms with Gasteiger partial charge in [0.25, 0.3) is 0 Å². The molecule has 0 saturated heterocycles. The largest absolute Gasteiger partial charge is 0.573 e. The van der Waals surface area contributed by atoms with Crippen LogP contribution in [0, 0.1) is 6.92 Å². The smallest absolute Gasteiger partial charge is 0.477 e. The van der Waals surface area contributed by atoms with Gasteiger partial charge in [-0.05, 0) is 60.0 Å². The average molecular weight is 456 g/mol. The van der Waals surface area contributed by atoms with Crippen LogP contribution in [-0.4, -0.2) is 25.9 Å². The Hall–Kier alpha value is -2.85. The number of hydrogen-bond donors (Lipinski definition) is 1. The Morgan fingerprint density at radius 1 is 1.10 bits per heavy atom. The molecule has 0 atom stereocenters. The van der Waals surface area contributed by atoms with E-state index in [-0.39, 0.29) is 15.3 Å². The van der Waals surface area contributed by atoms with Crippen molar-refractivity contribution in [2.45, 2.75) is 23.9 Å². The highest BCUT2D eigenvalue weighted by Crippen LogP contribution is 2.35. The number of rotatable bonds is 6. The Balaban J connectivity index is 1.94. The normalized spacial score (nSPS) is 12.0. The average Bonchev–Trinajstić information content (AvgIpc) is 3.04. The third-order valence-corrected chi connectivity index (χ3v) is 7.18. The minimum absolute atomic E-state index is 0.112. The molecule has 0 amide bonds. The fraction of sp³-hybridized carbons (Fsp3) is 0.150. The van der Waals surface area contributed by atoms with Gasteiger partial charge in [0.05, 0.1) is 10.6 Å². The van der Waals surface area contributed by atoms with Crippen LogP contribution in [-0.2, 0) is 15.6 Å². The monoisotopic (exact) mass is 456 g/mol. The molecule has 0 aliphatic carbocycles. The standard InChI is InChI=1S/C20H15F3O5S2/c1-12-4-2-3-5-17(12)30(26,27)11-14-10-16(29-18(14)19(24)25)13-6-8-15(9-7-13)28-20(21,22)23/h2-10H,11H2,1H3,(H,24,25). The zero-order valence-corrected chi connectivity index (χ0v) is 17.1. The highest BCUT2D eigenvalue weighted by molar-refractivity contribution is 7.90. The number of carboxylic acid groups (broad SMARTS) is 1. The SMILES string of the molecule is Cc1ccccc1S(=O)(=O)Cc1cc(-c2ccc(OC(F)(F)F)cc2)sc1C(=O)O. The summed E-state index contributed by atoms with van der Waals surface area (Å²) < 4.78 is 66.3. The van der Waals surface area contributed by atoms with Crippen molar-refractivity contribution in [1.29, 1.82) is 0 Å². The Morgan fingerprint density at radius 2 is 1.73 bits per heavy atom. The lowest BCUT2D eigenvalue weighted by Gasteiger charge is -2.08. The second kappa shape index (κ2) is 8.11. The van der Waals surface area contributed by atoms with E-state index in [1.54, 1.807) is 25.1 Å². The van der Waals surface area contributed by atoms with Crippen LogP contribution in [0.2, 0.25) is 0 Å². The first-order valence-corrected chi connectivity index (χ1v) is 10.9. The lowest BCUT2D eigenvalue weighted by Crippen LogP contribution is -2.16. The van der Waals surface area contributed by atoms with Gasteiger partial charge in [0, 0.05) is 4.88 Å². The number of sulfone groups is 1. The number of carbonyl (C=O) groups is 1. The van der Waals surface area contributed by atoms with Gasteiger partial charge < -0.3 is 9.84 Å². The summed E-state index contributed by atoms with van der Waals surface area (Å²) in [5, 5.41) is 9.49. The van der Waals surface area contributed by atoms with Crippen molar-refractivity contribution in [3.63, 3.8) is 0 Å². The lowest BCUT2D eigenvalue weighted by atomic mass is 10.1. The molecule has 10 heteroatoms. The van der Waals surface area contributed by atoms with Gasteiger partial charge in [-0.25, -0.2) is 13.2 Å². The van der Waals surface area contributed by atoms with Gasteiger partial charge in [0.2, 0.25) is 0 Å². The highest BCUT2D eigenvalue weighted by Gasteiger charge is 2.31. The maximum atomic E-state index is 12.8. The van der Waals surface area contributed by atoms with Crippen molar-refractivity contribution in [1.82, 2.24) is 0 Å². The Kier molecular flexibility index (Phi) is 5.91. The van der Waals surface area contributed by atoms with Crippen molar-refractivity contribution in [2.24, 2.45) is 0 Å². The summed E-state index contributed by atoms with van der Waals surface area (Å²) in [7, 11) is -3.80. The summed E-state index contributed by atoms with van der Waals surface area (Å²) in [4.78, 5) is 12.0. The molecule has 0 bridgehead atoms. The fourth-order valence-electron chi connectivity index (χ4n) is 2.87. The van der Waals surface area contributed by atoms with Gasteiger partial charge in [0.1, 0.15) is 10.6 Å². The molecule has 0 unspecified atom stereocenters. The topological polar surface area (TPSA) is 80.7 Å². The summed E-state index contributed by atoms with van der Waals surface area (Å²) in [5.74, 6) is -2.20. The number of thiophene rings is 1. The Labute approximate surface area is 174 Å². The van der Waals surface area contributed by atoms with Crippen molar-refractivity contribution in [3.8, 4) is 16.2 Å².